The lowest BCUT2D eigenvalue weighted by Gasteiger charge is -2.19. The van der Waals surface area contributed by atoms with E-state index in [4.69, 9.17) is 27.9 Å². The molecule has 2 unspecified atom stereocenters. The van der Waals surface area contributed by atoms with Crippen LogP contribution >= 0.6 is 23.2 Å². The van der Waals surface area contributed by atoms with E-state index in [0.29, 0.717) is 34.3 Å². The van der Waals surface area contributed by atoms with Crippen LogP contribution in [0.2, 0.25) is 10.0 Å². The molecule has 0 fully saturated rings. The molecule has 2 N–H and O–H groups in total. The smallest absolute Gasteiger partial charge is 0.138 e. The maximum absolute atomic E-state index is 9.88. The number of halogens is 2. The highest BCUT2D eigenvalue weighted by Crippen LogP contribution is 2.27. The third-order valence-corrected chi connectivity index (χ3v) is 3.38. The average molecular weight is 320 g/mol. The molecule has 0 saturated carbocycles. The van der Waals surface area contributed by atoms with Crippen molar-refractivity contribution >= 4 is 23.2 Å². The van der Waals surface area contributed by atoms with Crippen LogP contribution in [0.15, 0.2) is 18.2 Å². The molecule has 1 rings (SSSR count). The summed E-state index contributed by atoms with van der Waals surface area (Å²) < 4.78 is 5.49. The van der Waals surface area contributed by atoms with Crippen LogP contribution in [0.5, 0.6) is 5.75 Å². The lowest BCUT2D eigenvalue weighted by Crippen LogP contribution is -2.37. The van der Waals surface area contributed by atoms with Gasteiger partial charge >= 0.3 is 0 Å². The van der Waals surface area contributed by atoms with Gasteiger partial charge < -0.3 is 15.2 Å². The van der Waals surface area contributed by atoms with E-state index < -0.39 is 6.10 Å². The number of aliphatic hydroxyl groups excluding tert-OH is 1. The molecule has 0 radical (unpaired) electrons. The van der Waals surface area contributed by atoms with E-state index in [9.17, 15) is 5.11 Å². The van der Waals surface area contributed by atoms with Gasteiger partial charge in [-0.15, -0.1) is 0 Å². The van der Waals surface area contributed by atoms with Crippen molar-refractivity contribution in [1.29, 1.82) is 0 Å². The van der Waals surface area contributed by atoms with Crippen molar-refractivity contribution in [3.05, 3.63) is 28.2 Å². The Labute approximate surface area is 131 Å². The molecule has 1 aromatic rings. The maximum atomic E-state index is 9.88. The highest BCUT2D eigenvalue weighted by Gasteiger charge is 2.10. The average Bonchev–Trinajstić information content (AvgIpc) is 2.34. The topological polar surface area (TPSA) is 41.5 Å². The van der Waals surface area contributed by atoms with Crippen molar-refractivity contribution < 1.29 is 9.84 Å². The van der Waals surface area contributed by atoms with Crippen LogP contribution in [0.3, 0.4) is 0 Å². The van der Waals surface area contributed by atoms with Crippen molar-refractivity contribution in [1.82, 2.24) is 5.32 Å². The van der Waals surface area contributed by atoms with E-state index in [-0.39, 0.29) is 6.61 Å². The molecule has 0 aliphatic heterocycles. The Balaban J connectivity index is 2.30. The molecule has 0 aromatic heterocycles. The van der Waals surface area contributed by atoms with Gasteiger partial charge in [0.15, 0.2) is 0 Å². The Morgan fingerprint density at radius 1 is 1.25 bits per heavy atom. The second-order valence-corrected chi connectivity index (χ2v) is 6.32. The van der Waals surface area contributed by atoms with Gasteiger partial charge in [0.1, 0.15) is 18.5 Å². The zero-order chi connectivity index (χ0) is 15.1. The molecular formula is C15H23Cl2NO2. The normalized spacial score (nSPS) is 14.3. The summed E-state index contributed by atoms with van der Waals surface area (Å²) in [4.78, 5) is 0. The Morgan fingerprint density at radius 3 is 2.55 bits per heavy atom. The fourth-order valence-electron chi connectivity index (χ4n) is 1.96. The number of hydrogen-bond donors (Lipinski definition) is 2. The lowest BCUT2D eigenvalue weighted by atomic mass is 10.1. The quantitative estimate of drug-likeness (QED) is 0.766. The van der Waals surface area contributed by atoms with Crippen molar-refractivity contribution in [3.8, 4) is 5.75 Å². The van der Waals surface area contributed by atoms with Crippen LogP contribution in [0.1, 0.15) is 27.2 Å². The SMILES string of the molecule is CC(C)CC(C)NCC(O)COc1ccc(Cl)cc1Cl. The third-order valence-electron chi connectivity index (χ3n) is 2.85. The first kappa shape index (κ1) is 17.6. The summed E-state index contributed by atoms with van der Waals surface area (Å²) in [7, 11) is 0. The summed E-state index contributed by atoms with van der Waals surface area (Å²) in [5, 5.41) is 14.2. The molecule has 0 spiro atoms. The fraction of sp³-hybridized carbons (Fsp3) is 0.600. The van der Waals surface area contributed by atoms with Crippen molar-refractivity contribution in [2.24, 2.45) is 5.92 Å². The largest absolute Gasteiger partial charge is 0.489 e. The molecule has 0 aliphatic carbocycles. The van der Waals surface area contributed by atoms with Gasteiger partial charge in [0.25, 0.3) is 0 Å². The van der Waals surface area contributed by atoms with E-state index in [1.54, 1.807) is 18.2 Å². The first-order valence-electron chi connectivity index (χ1n) is 6.87. The molecule has 20 heavy (non-hydrogen) atoms. The Hall–Kier alpha value is -0.480. The van der Waals surface area contributed by atoms with Crippen LogP contribution in [-0.2, 0) is 0 Å². The summed E-state index contributed by atoms with van der Waals surface area (Å²) in [6, 6.07) is 5.40. The number of ether oxygens (including phenoxy) is 1. The second kappa shape index (κ2) is 8.73. The van der Waals surface area contributed by atoms with E-state index in [1.165, 1.54) is 0 Å². The number of aliphatic hydroxyl groups is 1. The monoisotopic (exact) mass is 319 g/mol. The molecule has 0 aliphatic rings. The van der Waals surface area contributed by atoms with E-state index in [1.807, 2.05) is 0 Å². The van der Waals surface area contributed by atoms with Gasteiger partial charge in [-0.25, -0.2) is 0 Å². The Morgan fingerprint density at radius 2 is 1.95 bits per heavy atom. The van der Waals surface area contributed by atoms with Crippen LogP contribution < -0.4 is 10.1 Å². The molecule has 0 amide bonds. The zero-order valence-electron chi connectivity index (χ0n) is 12.2. The molecule has 3 nitrogen and oxygen atoms in total. The summed E-state index contributed by atoms with van der Waals surface area (Å²) in [5.74, 6) is 1.17. The molecule has 1 aromatic carbocycles. The van der Waals surface area contributed by atoms with Crippen molar-refractivity contribution in [2.75, 3.05) is 13.2 Å². The van der Waals surface area contributed by atoms with Gasteiger partial charge in [-0.2, -0.15) is 0 Å². The van der Waals surface area contributed by atoms with Gasteiger partial charge in [0.05, 0.1) is 5.02 Å². The minimum absolute atomic E-state index is 0.197. The predicted octanol–water partition coefficient (Wildman–Crippen LogP) is 3.76. The van der Waals surface area contributed by atoms with Gasteiger partial charge in [0, 0.05) is 17.6 Å². The van der Waals surface area contributed by atoms with E-state index in [0.717, 1.165) is 6.42 Å². The van der Waals surface area contributed by atoms with Crippen LogP contribution in [0.4, 0.5) is 0 Å². The standard InChI is InChI=1S/C15H23Cl2NO2/c1-10(2)6-11(3)18-8-13(19)9-20-15-5-4-12(16)7-14(15)17/h4-5,7,10-11,13,18-19H,6,8-9H2,1-3H3. The lowest BCUT2D eigenvalue weighted by molar-refractivity contribution is 0.103. The zero-order valence-corrected chi connectivity index (χ0v) is 13.7. The maximum Gasteiger partial charge on any atom is 0.138 e. The minimum atomic E-state index is -0.573. The molecule has 0 heterocycles. The summed E-state index contributed by atoms with van der Waals surface area (Å²) in [6.07, 6.45) is 0.507. The molecule has 0 saturated heterocycles. The molecule has 2 atom stereocenters. The van der Waals surface area contributed by atoms with Gasteiger partial charge in [-0.05, 0) is 37.5 Å². The summed E-state index contributed by atoms with van der Waals surface area (Å²) in [5.41, 5.74) is 0. The first-order chi connectivity index (χ1) is 9.38. The number of rotatable bonds is 8. The molecule has 114 valence electrons. The van der Waals surface area contributed by atoms with E-state index >= 15 is 0 Å². The van der Waals surface area contributed by atoms with E-state index in [2.05, 4.69) is 26.1 Å². The Kier molecular flexibility index (Phi) is 7.67. The van der Waals surface area contributed by atoms with Gasteiger partial charge in [0.2, 0.25) is 0 Å². The highest BCUT2D eigenvalue weighted by atomic mass is 35.5. The number of hydrogen-bond acceptors (Lipinski definition) is 3. The number of benzene rings is 1. The van der Waals surface area contributed by atoms with Gasteiger partial charge in [-0.3, -0.25) is 0 Å². The summed E-state index contributed by atoms with van der Waals surface area (Å²) >= 11 is 11.8. The van der Waals surface area contributed by atoms with Crippen LogP contribution in [0.25, 0.3) is 0 Å². The minimum Gasteiger partial charge on any atom is -0.489 e. The third kappa shape index (κ3) is 6.80. The predicted molar refractivity (Wildman–Crippen MR) is 84.9 cm³/mol. The Bertz CT molecular complexity index is 413. The highest BCUT2D eigenvalue weighted by molar-refractivity contribution is 6.35. The second-order valence-electron chi connectivity index (χ2n) is 5.48. The molecule has 0 bridgehead atoms. The van der Waals surface area contributed by atoms with Crippen molar-refractivity contribution in [2.45, 2.75) is 39.3 Å². The van der Waals surface area contributed by atoms with Crippen LogP contribution in [0, 0.1) is 5.92 Å². The number of nitrogens with one attached hydrogen (secondary N) is 1. The fourth-order valence-corrected chi connectivity index (χ4v) is 2.43. The van der Waals surface area contributed by atoms with Crippen LogP contribution in [-0.4, -0.2) is 30.4 Å². The van der Waals surface area contributed by atoms with Crippen molar-refractivity contribution in [3.63, 3.8) is 0 Å². The molecular weight excluding hydrogens is 297 g/mol. The summed E-state index contributed by atoms with van der Waals surface area (Å²) in [6.45, 7) is 7.17. The van der Waals surface area contributed by atoms with Gasteiger partial charge in [-0.1, -0.05) is 37.0 Å². The molecule has 5 heteroatoms. The first-order valence-corrected chi connectivity index (χ1v) is 7.63.